The van der Waals surface area contributed by atoms with Gasteiger partial charge >= 0.3 is 0 Å². The van der Waals surface area contributed by atoms with Crippen molar-refractivity contribution in [2.24, 2.45) is 17.3 Å². The molecular weight excluding hydrogens is 326 g/mol. The molecule has 0 aliphatic rings. The van der Waals surface area contributed by atoms with Crippen LogP contribution in [-0.4, -0.2) is 20.1 Å². The second-order valence-corrected chi connectivity index (χ2v) is 5.64. The molecule has 0 unspecified atom stereocenters. The Bertz CT molecular complexity index is 943. The van der Waals surface area contributed by atoms with Crippen molar-refractivity contribution < 1.29 is 4.92 Å². The third kappa shape index (κ3) is 3.44. The number of benzene rings is 2. The first-order valence-corrected chi connectivity index (χ1v) is 7.82. The van der Waals surface area contributed by atoms with Gasteiger partial charge in [0.2, 0.25) is 4.80 Å². The summed E-state index contributed by atoms with van der Waals surface area (Å²) in [4.78, 5) is 10.8. The van der Waals surface area contributed by atoms with Crippen molar-refractivity contribution in [3.05, 3.63) is 75.1 Å². The molecule has 120 valence electrons. The van der Waals surface area contributed by atoms with E-state index in [4.69, 9.17) is 0 Å². The lowest BCUT2D eigenvalue weighted by molar-refractivity contribution is -0.384. The summed E-state index contributed by atoms with van der Waals surface area (Å²) in [5.74, 6) is 0.824. The lowest BCUT2D eigenvalue weighted by Crippen LogP contribution is -2.10. The van der Waals surface area contributed by atoms with Crippen LogP contribution in [0.2, 0.25) is 0 Å². The van der Waals surface area contributed by atoms with Gasteiger partial charge in [0.05, 0.1) is 11.1 Å². The number of aromatic nitrogens is 2. The van der Waals surface area contributed by atoms with Crippen LogP contribution in [0.5, 0.6) is 0 Å². The highest BCUT2D eigenvalue weighted by Crippen LogP contribution is 2.15. The number of hydrogen-bond donors (Lipinski definition) is 0. The third-order valence-electron chi connectivity index (χ3n) is 3.30. The third-order valence-corrected chi connectivity index (χ3v) is 4.09. The highest BCUT2D eigenvalue weighted by Gasteiger charge is 2.05. The van der Waals surface area contributed by atoms with Crippen molar-refractivity contribution in [2.45, 2.75) is 0 Å². The van der Waals surface area contributed by atoms with E-state index >= 15 is 0 Å². The number of rotatable bonds is 4. The molecule has 7 nitrogen and oxygen atoms in total. The van der Waals surface area contributed by atoms with Crippen molar-refractivity contribution in [3.8, 4) is 11.4 Å². The lowest BCUT2D eigenvalue weighted by Gasteiger charge is -1.99. The van der Waals surface area contributed by atoms with Gasteiger partial charge in [0.15, 0.2) is 5.82 Å². The molecule has 0 atom stereocenters. The van der Waals surface area contributed by atoms with E-state index in [9.17, 15) is 10.1 Å². The van der Waals surface area contributed by atoms with E-state index in [1.54, 1.807) is 18.3 Å². The standard InChI is InChI=1S/C16H13N5O2S/c1-20-15(13-5-3-2-4-6-13)19-24-16(20)18-17-11-12-7-9-14(10-8-12)21(22)23/h2-11H,1H3. The van der Waals surface area contributed by atoms with Crippen LogP contribution in [0.25, 0.3) is 11.4 Å². The van der Waals surface area contributed by atoms with Crippen molar-refractivity contribution in [1.82, 2.24) is 8.94 Å². The van der Waals surface area contributed by atoms with E-state index in [0.29, 0.717) is 4.80 Å². The molecule has 24 heavy (non-hydrogen) atoms. The Morgan fingerprint density at radius 3 is 2.54 bits per heavy atom. The van der Waals surface area contributed by atoms with Gasteiger partial charge in [-0.15, -0.1) is 5.10 Å². The largest absolute Gasteiger partial charge is 0.302 e. The van der Waals surface area contributed by atoms with Crippen LogP contribution in [0.1, 0.15) is 5.56 Å². The SMILES string of the molecule is Cn1c(-c2ccccc2)nsc1=NN=Cc1ccc([N+](=O)[O-])cc1. The maximum atomic E-state index is 10.6. The van der Waals surface area contributed by atoms with Crippen LogP contribution in [0.4, 0.5) is 5.69 Å². The van der Waals surface area contributed by atoms with Gasteiger partial charge in [0.25, 0.3) is 5.69 Å². The van der Waals surface area contributed by atoms with Crippen LogP contribution in [-0.2, 0) is 7.05 Å². The Balaban J connectivity index is 1.82. The molecule has 0 radical (unpaired) electrons. The molecule has 0 spiro atoms. The average molecular weight is 339 g/mol. The molecule has 0 N–H and O–H groups in total. The molecule has 8 heteroatoms. The number of non-ortho nitro benzene ring substituents is 1. The number of hydrogen-bond acceptors (Lipinski definition) is 6. The Kier molecular flexibility index (Phi) is 4.57. The smallest absolute Gasteiger partial charge is 0.269 e. The van der Waals surface area contributed by atoms with Crippen LogP contribution < -0.4 is 4.80 Å². The molecule has 0 amide bonds. The monoisotopic (exact) mass is 339 g/mol. The highest BCUT2D eigenvalue weighted by molar-refractivity contribution is 7.03. The lowest BCUT2D eigenvalue weighted by atomic mass is 10.2. The molecule has 0 saturated heterocycles. The predicted molar refractivity (Wildman–Crippen MR) is 92.8 cm³/mol. The van der Waals surface area contributed by atoms with Crippen LogP contribution in [0, 0.1) is 10.1 Å². The van der Waals surface area contributed by atoms with E-state index in [2.05, 4.69) is 14.6 Å². The minimum atomic E-state index is -0.437. The Morgan fingerprint density at radius 2 is 1.88 bits per heavy atom. The first kappa shape index (κ1) is 15.8. The van der Waals surface area contributed by atoms with Crippen molar-refractivity contribution in [2.75, 3.05) is 0 Å². The topological polar surface area (TPSA) is 85.7 Å². The molecule has 0 aliphatic heterocycles. The zero-order valence-corrected chi connectivity index (χ0v) is 13.6. The van der Waals surface area contributed by atoms with E-state index in [0.717, 1.165) is 17.0 Å². The zero-order chi connectivity index (χ0) is 16.9. The Labute approximate surface area is 141 Å². The van der Waals surface area contributed by atoms with Gasteiger partial charge in [-0.2, -0.15) is 9.47 Å². The van der Waals surface area contributed by atoms with Gasteiger partial charge in [-0.05, 0) is 17.7 Å². The van der Waals surface area contributed by atoms with Crippen LogP contribution >= 0.6 is 11.5 Å². The zero-order valence-electron chi connectivity index (χ0n) is 12.7. The van der Waals surface area contributed by atoms with Gasteiger partial charge in [0.1, 0.15) is 0 Å². The van der Waals surface area contributed by atoms with Crippen molar-refractivity contribution in [3.63, 3.8) is 0 Å². The van der Waals surface area contributed by atoms with Crippen molar-refractivity contribution >= 4 is 23.4 Å². The summed E-state index contributed by atoms with van der Waals surface area (Å²) in [6.45, 7) is 0. The fraction of sp³-hybridized carbons (Fsp3) is 0.0625. The second kappa shape index (κ2) is 6.97. The van der Waals surface area contributed by atoms with Crippen LogP contribution in [0.3, 0.4) is 0 Å². The summed E-state index contributed by atoms with van der Waals surface area (Å²) >= 11 is 1.26. The average Bonchev–Trinajstić information content (AvgIpc) is 2.97. The summed E-state index contributed by atoms with van der Waals surface area (Å²) in [7, 11) is 1.88. The van der Waals surface area contributed by atoms with Gasteiger partial charge < -0.3 is 4.57 Å². The maximum Gasteiger partial charge on any atom is 0.269 e. The quantitative estimate of drug-likeness (QED) is 0.416. The molecule has 0 saturated carbocycles. The minimum absolute atomic E-state index is 0.0467. The summed E-state index contributed by atoms with van der Waals surface area (Å²) in [5, 5.41) is 18.8. The summed E-state index contributed by atoms with van der Waals surface area (Å²) in [6, 6.07) is 16.0. The fourth-order valence-corrected chi connectivity index (χ4v) is 2.73. The molecule has 3 aromatic rings. The molecule has 1 aromatic heterocycles. The minimum Gasteiger partial charge on any atom is -0.302 e. The van der Waals surface area contributed by atoms with Gasteiger partial charge in [-0.25, -0.2) is 0 Å². The fourth-order valence-electron chi connectivity index (χ4n) is 2.04. The van der Waals surface area contributed by atoms with E-state index in [1.807, 2.05) is 41.9 Å². The van der Waals surface area contributed by atoms with Gasteiger partial charge in [0, 0.05) is 36.3 Å². The first-order chi connectivity index (χ1) is 11.6. The molecule has 0 aliphatic carbocycles. The maximum absolute atomic E-state index is 10.6. The number of nitro groups is 1. The molecule has 0 fully saturated rings. The van der Waals surface area contributed by atoms with Crippen molar-refractivity contribution in [1.29, 1.82) is 0 Å². The second-order valence-electron chi connectivity index (χ2n) is 4.91. The Hall–Kier alpha value is -3.13. The highest BCUT2D eigenvalue weighted by atomic mass is 32.1. The summed E-state index contributed by atoms with van der Waals surface area (Å²) < 4.78 is 6.27. The van der Waals surface area contributed by atoms with Crippen LogP contribution in [0.15, 0.2) is 64.8 Å². The first-order valence-electron chi connectivity index (χ1n) is 7.05. The normalized spacial score (nSPS) is 12.0. The molecular formula is C16H13N5O2S. The Morgan fingerprint density at radius 1 is 1.17 bits per heavy atom. The van der Waals surface area contributed by atoms with Gasteiger partial charge in [-0.1, -0.05) is 30.3 Å². The molecule has 2 aromatic carbocycles. The summed E-state index contributed by atoms with van der Waals surface area (Å²) in [5.41, 5.74) is 1.79. The number of nitrogens with zero attached hydrogens (tertiary/aromatic N) is 5. The van der Waals surface area contributed by atoms with E-state index < -0.39 is 4.92 Å². The molecule has 3 rings (SSSR count). The molecule has 1 heterocycles. The molecule has 0 bridgehead atoms. The van der Waals surface area contributed by atoms with Gasteiger partial charge in [-0.3, -0.25) is 10.1 Å². The van der Waals surface area contributed by atoms with E-state index in [-0.39, 0.29) is 5.69 Å². The number of nitro benzene ring substituents is 1. The predicted octanol–water partition coefficient (Wildman–Crippen LogP) is 2.99. The van der Waals surface area contributed by atoms with E-state index in [1.165, 1.54) is 23.7 Å². The summed E-state index contributed by atoms with van der Waals surface area (Å²) in [6.07, 6.45) is 1.55.